The van der Waals surface area contributed by atoms with Gasteiger partial charge in [0.1, 0.15) is 0 Å². The Bertz CT molecular complexity index is 470. The normalized spacial score (nSPS) is 23.3. The molecule has 0 bridgehead atoms. The van der Waals surface area contributed by atoms with Crippen LogP contribution in [0.3, 0.4) is 0 Å². The molecule has 2 rings (SSSR count). The van der Waals surface area contributed by atoms with Crippen molar-refractivity contribution in [3.05, 3.63) is 28.2 Å². The van der Waals surface area contributed by atoms with Crippen molar-refractivity contribution in [2.45, 2.75) is 4.45 Å². The molecule has 0 amide bonds. The lowest BCUT2D eigenvalue weighted by atomic mass is 10.1. The number of hydrogen-bond acceptors (Lipinski definition) is 3. The molecule has 1 unspecified atom stereocenters. The molecule has 0 saturated heterocycles. The van der Waals surface area contributed by atoms with Crippen LogP contribution in [0.4, 0.5) is 5.69 Å². The van der Waals surface area contributed by atoms with Crippen LogP contribution in [-0.4, -0.2) is 10.4 Å². The quantitative estimate of drug-likeness (QED) is 0.574. The summed E-state index contributed by atoms with van der Waals surface area (Å²) >= 11 is 6.92. The molecule has 1 aromatic rings. The summed E-state index contributed by atoms with van der Waals surface area (Å²) in [5.74, 6) is 0. The average molecular weight is 336 g/mol. The van der Waals surface area contributed by atoms with Crippen LogP contribution in [0.1, 0.15) is 5.56 Å². The van der Waals surface area contributed by atoms with Crippen molar-refractivity contribution in [3.63, 3.8) is 0 Å². The predicted molar refractivity (Wildman–Crippen MR) is 63.5 cm³/mol. The summed E-state index contributed by atoms with van der Waals surface area (Å²) in [6.45, 7) is 0. The molecule has 6 heteroatoms. The van der Waals surface area contributed by atoms with Gasteiger partial charge < -0.3 is 0 Å². The van der Waals surface area contributed by atoms with Crippen molar-refractivity contribution in [2.24, 2.45) is 9.36 Å². The highest BCUT2D eigenvalue weighted by Gasteiger charge is 2.33. The van der Waals surface area contributed by atoms with Gasteiger partial charge in [-0.2, -0.15) is 8.57 Å². The Hall–Kier alpha value is -0.330. The molecule has 0 saturated carbocycles. The van der Waals surface area contributed by atoms with E-state index in [-0.39, 0.29) is 11.5 Å². The molecule has 0 radical (unpaired) electrons. The van der Waals surface area contributed by atoms with Gasteiger partial charge in [0, 0.05) is 16.3 Å². The molecule has 1 aliphatic heterocycles. The number of alkyl halides is 1. The van der Waals surface area contributed by atoms with Crippen LogP contribution in [-0.2, 0) is 15.9 Å². The fraction of sp³-hybridized carbons (Fsp3) is 0.125. The van der Waals surface area contributed by atoms with Crippen LogP contribution in [0.15, 0.2) is 32.0 Å². The molecule has 0 aromatic heterocycles. The number of nitrogens with zero attached hydrogens (tertiary/aromatic N) is 2. The standard InChI is InChI=1S/C8H4Br2N2OS/c9-5-1-2-6-7(3-5)11-4-8(6,10)12-14-13/h1-4H. The second kappa shape index (κ2) is 3.67. The zero-order valence-electron chi connectivity index (χ0n) is 6.78. The molecule has 0 fully saturated rings. The van der Waals surface area contributed by atoms with E-state index in [9.17, 15) is 4.21 Å². The minimum absolute atomic E-state index is 0.191. The van der Waals surface area contributed by atoms with Crippen LogP contribution in [0.25, 0.3) is 0 Å². The number of aliphatic imine (C=N–C) groups is 1. The second-order valence-corrected chi connectivity index (χ2v) is 5.22. The van der Waals surface area contributed by atoms with E-state index in [1.807, 2.05) is 18.2 Å². The molecule has 1 atom stereocenters. The third-order valence-corrected chi connectivity index (χ3v) is 3.78. The van der Waals surface area contributed by atoms with Gasteiger partial charge in [-0.1, -0.05) is 22.0 Å². The van der Waals surface area contributed by atoms with Gasteiger partial charge in [0.2, 0.25) is 11.5 Å². The van der Waals surface area contributed by atoms with Gasteiger partial charge in [0.15, 0.2) is 4.45 Å². The van der Waals surface area contributed by atoms with Gasteiger partial charge in [-0.05, 0) is 28.1 Å². The smallest absolute Gasteiger partial charge is 0.201 e. The number of fused-ring (bicyclic) bond motifs is 1. The van der Waals surface area contributed by atoms with E-state index < -0.39 is 4.45 Å². The molecular formula is C8H4Br2N2OS. The van der Waals surface area contributed by atoms with Gasteiger partial charge >= 0.3 is 0 Å². The summed E-state index contributed by atoms with van der Waals surface area (Å²) in [5, 5.41) is 0. The molecule has 14 heavy (non-hydrogen) atoms. The molecular weight excluding hydrogens is 332 g/mol. The first kappa shape index (κ1) is 10.2. The van der Waals surface area contributed by atoms with E-state index in [1.165, 1.54) is 0 Å². The fourth-order valence-electron chi connectivity index (χ4n) is 1.26. The lowest BCUT2D eigenvalue weighted by Gasteiger charge is -2.11. The minimum atomic E-state index is -0.755. The number of halogens is 2. The van der Waals surface area contributed by atoms with Crippen molar-refractivity contribution < 1.29 is 4.21 Å². The van der Waals surface area contributed by atoms with E-state index in [0.717, 1.165) is 15.7 Å². The topological polar surface area (TPSA) is 41.8 Å². The first-order valence-corrected chi connectivity index (χ1v) is 5.99. The molecule has 1 heterocycles. The van der Waals surface area contributed by atoms with Gasteiger partial charge in [-0.25, -0.2) is 0 Å². The van der Waals surface area contributed by atoms with Gasteiger partial charge in [0.25, 0.3) is 0 Å². The number of hydrogen-bond donors (Lipinski definition) is 0. The van der Waals surface area contributed by atoms with Crippen molar-refractivity contribution in [1.29, 1.82) is 0 Å². The Balaban J connectivity index is 2.60. The first-order chi connectivity index (χ1) is 6.65. The summed E-state index contributed by atoms with van der Waals surface area (Å²) < 4.78 is 14.5. The third kappa shape index (κ3) is 1.62. The summed E-state index contributed by atoms with van der Waals surface area (Å²) in [7, 11) is 0. The fourth-order valence-corrected chi connectivity index (χ4v) is 2.48. The van der Waals surface area contributed by atoms with Crippen molar-refractivity contribution in [1.82, 2.24) is 0 Å². The summed E-state index contributed by atoms with van der Waals surface area (Å²) in [5.41, 5.74) is 1.72. The molecule has 72 valence electrons. The monoisotopic (exact) mass is 334 g/mol. The zero-order valence-corrected chi connectivity index (χ0v) is 10.8. The Morgan fingerprint density at radius 1 is 1.50 bits per heavy atom. The second-order valence-electron chi connectivity index (χ2n) is 2.76. The largest absolute Gasteiger partial charge is 0.257 e. The molecule has 0 spiro atoms. The maximum absolute atomic E-state index is 10.4. The van der Waals surface area contributed by atoms with Crippen LogP contribution in [0.5, 0.6) is 0 Å². The minimum Gasteiger partial charge on any atom is -0.257 e. The molecule has 0 N–H and O–H groups in total. The Morgan fingerprint density at radius 3 is 3.00 bits per heavy atom. The highest BCUT2D eigenvalue weighted by molar-refractivity contribution is 9.10. The van der Waals surface area contributed by atoms with Crippen molar-refractivity contribution in [2.75, 3.05) is 0 Å². The SMILES string of the molecule is O=S=NC1(Br)C=Nc2cc(Br)ccc21. The third-order valence-electron chi connectivity index (χ3n) is 1.88. The Kier molecular flexibility index (Phi) is 2.68. The lowest BCUT2D eigenvalue weighted by molar-refractivity contribution is 0.695. The van der Waals surface area contributed by atoms with E-state index in [4.69, 9.17) is 0 Å². The van der Waals surface area contributed by atoms with E-state index in [0.29, 0.717) is 0 Å². The Labute approximate surface area is 101 Å². The van der Waals surface area contributed by atoms with Crippen molar-refractivity contribution in [3.8, 4) is 0 Å². The first-order valence-electron chi connectivity index (χ1n) is 3.71. The molecule has 1 aromatic carbocycles. The van der Waals surface area contributed by atoms with Crippen LogP contribution in [0, 0.1) is 0 Å². The maximum atomic E-state index is 10.4. The zero-order chi connectivity index (χ0) is 10.2. The van der Waals surface area contributed by atoms with Gasteiger partial charge in [-0.15, -0.1) is 0 Å². The van der Waals surface area contributed by atoms with E-state index in [1.54, 1.807) is 6.21 Å². The summed E-state index contributed by atoms with van der Waals surface area (Å²) in [6.07, 6.45) is 1.62. The highest BCUT2D eigenvalue weighted by atomic mass is 79.9. The van der Waals surface area contributed by atoms with Crippen LogP contribution in [0.2, 0.25) is 0 Å². The van der Waals surface area contributed by atoms with Crippen LogP contribution < -0.4 is 0 Å². The lowest BCUT2D eigenvalue weighted by Crippen LogP contribution is -2.12. The van der Waals surface area contributed by atoms with Gasteiger partial charge in [-0.3, -0.25) is 4.99 Å². The summed E-state index contributed by atoms with van der Waals surface area (Å²) in [4.78, 5) is 4.18. The Morgan fingerprint density at radius 2 is 2.29 bits per heavy atom. The molecule has 3 nitrogen and oxygen atoms in total. The van der Waals surface area contributed by atoms with Crippen LogP contribution >= 0.6 is 31.9 Å². The maximum Gasteiger partial charge on any atom is 0.201 e. The predicted octanol–water partition coefficient (Wildman–Crippen LogP) is 3.11. The molecule has 1 aliphatic rings. The number of rotatable bonds is 1. The number of benzene rings is 1. The average Bonchev–Trinajstić information content (AvgIpc) is 2.44. The van der Waals surface area contributed by atoms with Crippen molar-refractivity contribution >= 4 is 55.2 Å². The molecule has 0 aliphatic carbocycles. The van der Waals surface area contributed by atoms with E-state index in [2.05, 4.69) is 41.2 Å². The summed E-state index contributed by atoms with van der Waals surface area (Å²) in [6, 6.07) is 5.68. The van der Waals surface area contributed by atoms with Gasteiger partial charge in [0.05, 0.1) is 5.69 Å². The highest BCUT2D eigenvalue weighted by Crippen LogP contribution is 2.43. The van der Waals surface area contributed by atoms with E-state index >= 15 is 0 Å².